The van der Waals surface area contributed by atoms with Crippen LogP contribution >= 0.6 is 23.2 Å². The van der Waals surface area contributed by atoms with E-state index in [2.05, 4.69) is 29.2 Å². The fraction of sp³-hybridized carbons (Fsp3) is 0.520. The highest BCUT2D eigenvalue weighted by Gasteiger charge is 2.40. The summed E-state index contributed by atoms with van der Waals surface area (Å²) in [5, 5.41) is 12.8. The molecular formula is C25H32Cl2N2O. The van der Waals surface area contributed by atoms with Crippen LogP contribution in [0.4, 0.5) is 0 Å². The van der Waals surface area contributed by atoms with Gasteiger partial charge in [-0.1, -0.05) is 72.8 Å². The minimum Gasteiger partial charge on any atom is -0.389 e. The number of nitrogens with two attached hydrogens (primary N) is 1. The van der Waals surface area contributed by atoms with Crippen molar-refractivity contribution < 1.29 is 5.11 Å². The first-order valence-corrected chi connectivity index (χ1v) is 12.0. The van der Waals surface area contributed by atoms with E-state index < -0.39 is 5.60 Å². The number of likely N-dealkylation sites (tertiary alicyclic amines) is 1. The smallest absolute Gasteiger partial charge is 0.0728 e. The van der Waals surface area contributed by atoms with E-state index >= 15 is 0 Å². The highest BCUT2D eigenvalue weighted by Crippen LogP contribution is 2.42. The van der Waals surface area contributed by atoms with E-state index in [4.69, 9.17) is 28.9 Å². The molecule has 4 rings (SSSR count). The number of benzene rings is 2. The molecule has 0 aromatic heterocycles. The molecule has 162 valence electrons. The van der Waals surface area contributed by atoms with Gasteiger partial charge < -0.3 is 15.7 Å². The molecule has 0 amide bonds. The summed E-state index contributed by atoms with van der Waals surface area (Å²) >= 11 is 12.4. The summed E-state index contributed by atoms with van der Waals surface area (Å²) in [4.78, 5) is 2.49. The first kappa shape index (κ1) is 22.1. The van der Waals surface area contributed by atoms with E-state index in [1.165, 1.54) is 12.0 Å². The summed E-state index contributed by atoms with van der Waals surface area (Å²) in [6.07, 6.45) is 7.25. The van der Waals surface area contributed by atoms with Crippen LogP contribution in [0.25, 0.3) is 11.1 Å². The van der Waals surface area contributed by atoms with Gasteiger partial charge >= 0.3 is 0 Å². The first-order valence-electron chi connectivity index (χ1n) is 11.2. The van der Waals surface area contributed by atoms with Crippen molar-refractivity contribution in [1.29, 1.82) is 0 Å². The van der Waals surface area contributed by atoms with Gasteiger partial charge in [0, 0.05) is 18.5 Å². The molecule has 30 heavy (non-hydrogen) atoms. The number of halogens is 2. The average molecular weight is 447 g/mol. The van der Waals surface area contributed by atoms with Crippen LogP contribution in [0.15, 0.2) is 42.5 Å². The molecule has 0 bridgehead atoms. The fourth-order valence-corrected chi connectivity index (χ4v) is 5.40. The number of hydrogen-bond donors (Lipinski definition) is 2. The highest BCUT2D eigenvalue weighted by atomic mass is 35.5. The molecule has 3 nitrogen and oxygen atoms in total. The Morgan fingerprint density at radius 1 is 0.967 bits per heavy atom. The van der Waals surface area contributed by atoms with Crippen LogP contribution in [-0.4, -0.2) is 41.3 Å². The minimum atomic E-state index is -0.645. The third kappa shape index (κ3) is 5.03. The van der Waals surface area contributed by atoms with E-state index in [-0.39, 0.29) is 5.92 Å². The van der Waals surface area contributed by atoms with E-state index in [1.54, 1.807) is 0 Å². The van der Waals surface area contributed by atoms with Gasteiger partial charge in [0.1, 0.15) is 0 Å². The second kappa shape index (κ2) is 9.58. The Labute approximate surface area is 190 Å². The molecule has 2 aliphatic rings. The summed E-state index contributed by atoms with van der Waals surface area (Å²) in [5.74, 6) is 0.0925. The lowest BCUT2D eigenvalue weighted by Gasteiger charge is -2.43. The predicted octanol–water partition coefficient (Wildman–Crippen LogP) is 5.86. The van der Waals surface area contributed by atoms with Crippen LogP contribution in [0.1, 0.15) is 56.4 Å². The minimum absolute atomic E-state index is 0.0925. The van der Waals surface area contributed by atoms with Crippen molar-refractivity contribution >= 4 is 23.2 Å². The molecule has 3 N–H and O–H groups in total. The van der Waals surface area contributed by atoms with Gasteiger partial charge in [-0.2, -0.15) is 0 Å². The lowest BCUT2D eigenvalue weighted by atomic mass is 9.72. The molecule has 0 spiro atoms. The maximum atomic E-state index is 11.7. The van der Waals surface area contributed by atoms with Gasteiger partial charge in [-0.15, -0.1) is 0 Å². The van der Waals surface area contributed by atoms with Crippen molar-refractivity contribution in [3.63, 3.8) is 0 Å². The van der Waals surface area contributed by atoms with Crippen molar-refractivity contribution in [2.75, 3.05) is 19.6 Å². The number of aliphatic hydroxyl groups is 1. The second-order valence-corrected chi connectivity index (χ2v) is 9.92. The zero-order valence-corrected chi connectivity index (χ0v) is 19.0. The van der Waals surface area contributed by atoms with Crippen LogP contribution in [0.2, 0.25) is 10.0 Å². The quantitative estimate of drug-likeness (QED) is 0.604. The van der Waals surface area contributed by atoms with Gasteiger partial charge in [0.05, 0.1) is 15.6 Å². The molecule has 5 heteroatoms. The Morgan fingerprint density at radius 3 is 2.37 bits per heavy atom. The largest absolute Gasteiger partial charge is 0.389 e. The molecule has 2 aromatic rings. The Hall–Kier alpha value is -1.10. The summed E-state index contributed by atoms with van der Waals surface area (Å²) in [6.45, 7) is 2.91. The van der Waals surface area contributed by atoms with Gasteiger partial charge in [0.15, 0.2) is 0 Å². The molecule has 0 radical (unpaired) electrons. The lowest BCUT2D eigenvalue weighted by Crippen LogP contribution is -2.47. The Balaban J connectivity index is 1.65. The first-order chi connectivity index (χ1) is 14.4. The van der Waals surface area contributed by atoms with E-state index in [9.17, 15) is 5.11 Å². The molecule has 1 atom stereocenters. The second-order valence-electron chi connectivity index (χ2n) is 9.11. The molecule has 1 aliphatic carbocycles. The maximum Gasteiger partial charge on any atom is 0.0728 e. The topological polar surface area (TPSA) is 49.5 Å². The van der Waals surface area contributed by atoms with Crippen molar-refractivity contribution in [2.45, 2.75) is 62.5 Å². The van der Waals surface area contributed by atoms with Crippen LogP contribution in [0, 0.1) is 0 Å². The van der Waals surface area contributed by atoms with Crippen LogP contribution in [0.5, 0.6) is 0 Å². The monoisotopic (exact) mass is 446 g/mol. The summed E-state index contributed by atoms with van der Waals surface area (Å²) < 4.78 is 0. The lowest BCUT2D eigenvalue weighted by molar-refractivity contribution is -0.0324. The van der Waals surface area contributed by atoms with Gasteiger partial charge in [-0.25, -0.2) is 0 Å². The van der Waals surface area contributed by atoms with Crippen molar-refractivity contribution in [1.82, 2.24) is 4.90 Å². The predicted molar refractivity (Wildman–Crippen MR) is 126 cm³/mol. The highest BCUT2D eigenvalue weighted by molar-refractivity contribution is 6.42. The zero-order valence-electron chi connectivity index (χ0n) is 17.5. The maximum absolute atomic E-state index is 11.7. The van der Waals surface area contributed by atoms with Crippen LogP contribution < -0.4 is 5.73 Å². The van der Waals surface area contributed by atoms with Crippen LogP contribution in [-0.2, 0) is 0 Å². The molecule has 1 heterocycles. The number of hydrogen-bond acceptors (Lipinski definition) is 3. The Kier molecular flexibility index (Phi) is 7.06. The van der Waals surface area contributed by atoms with Crippen LogP contribution in [0.3, 0.4) is 0 Å². The molecule has 1 aliphatic heterocycles. The summed E-state index contributed by atoms with van der Waals surface area (Å²) in [5.41, 5.74) is 8.83. The normalized spacial score (nSPS) is 21.5. The Bertz CT molecular complexity index is 858. The molecule has 1 unspecified atom stereocenters. The molecule has 2 aromatic carbocycles. The zero-order chi connectivity index (χ0) is 21.1. The van der Waals surface area contributed by atoms with Gasteiger partial charge in [-0.3, -0.25) is 0 Å². The third-order valence-corrected chi connectivity index (χ3v) is 7.72. The van der Waals surface area contributed by atoms with E-state index in [0.717, 1.165) is 69.3 Å². The third-order valence-electron chi connectivity index (χ3n) is 6.98. The molecule has 1 saturated heterocycles. The number of piperidine rings is 1. The number of nitrogens with zero attached hydrogens (tertiary/aromatic N) is 1. The average Bonchev–Trinajstić information content (AvgIpc) is 2.76. The van der Waals surface area contributed by atoms with Crippen molar-refractivity contribution in [3.8, 4) is 11.1 Å². The van der Waals surface area contributed by atoms with Gasteiger partial charge in [0.2, 0.25) is 0 Å². The summed E-state index contributed by atoms with van der Waals surface area (Å²) in [6, 6.07) is 14.7. The molecular weight excluding hydrogens is 415 g/mol. The molecule has 2 fully saturated rings. The van der Waals surface area contributed by atoms with E-state index in [1.807, 2.05) is 18.2 Å². The number of rotatable bonds is 5. The van der Waals surface area contributed by atoms with E-state index in [0.29, 0.717) is 16.1 Å². The fourth-order valence-electron chi connectivity index (χ4n) is 5.10. The van der Waals surface area contributed by atoms with Gasteiger partial charge in [-0.05, 0) is 67.6 Å². The van der Waals surface area contributed by atoms with Gasteiger partial charge in [0.25, 0.3) is 0 Å². The molecule has 1 saturated carbocycles. The standard InChI is InChI=1S/C25H32Cl2N2O/c26-23-8-7-19(16-24(23)27)18-5-4-6-20(15-18)22(25(30)11-2-1-3-12-25)17-29-13-9-21(28)10-14-29/h4-8,15-16,21-22,30H,1-3,9-14,17,28H2. The SMILES string of the molecule is NC1CCN(CC(c2cccc(-c3ccc(Cl)c(Cl)c3)c2)C2(O)CCCCC2)CC1. The van der Waals surface area contributed by atoms with Crippen molar-refractivity contribution in [2.24, 2.45) is 5.73 Å². The summed E-state index contributed by atoms with van der Waals surface area (Å²) in [7, 11) is 0. The Morgan fingerprint density at radius 2 is 1.67 bits per heavy atom. The van der Waals surface area contributed by atoms with Crippen molar-refractivity contribution in [3.05, 3.63) is 58.1 Å².